The maximum Gasteiger partial charge on any atom is 0.155 e. The molecule has 0 saturated heterocycles. The minimum Gasteiger partial charge on any atom is -0.508 e. The SMILES string of the molecule is Cc1ncc2nccn2c1-c1ccc(O)cc1. The van der Waals surface area contributed by atoms with Gasteiger partial charge in [-0.25, -0.2) is 4.98 Å². The molecule has 1 N–H and O–H groups in total. The number of hydrogen-bond acceptors (Lipinski definition) is 3. The molecule has 1 aromatic carbocycles. The molecular weight excluding hydrogens is 214 g/mol. The number of aromatic nitrogens is 3. The van der Waals surface area contributed by atoms with Crippen molar-refractivity contribution < 1.29 is 5.11 Å². The van der Waals surface area contributed by atoms with Crippen molar-refractivity contribution in [2.24, 2.45) is 0 Å². The monoisotopic (exact) mass is 225 g/mol. The summed E-state index contributed by atoms with van der Waals surface area (Å²) in [5.74, 6) is 0.261. The average molecular weight is 225 g/mol. The third-order valence-electron chi connectivity index (χ3n) is 2.77. The van der Waals surface area contributed by atoms with Crippen LogP contribution in [0.5, 0.6) is 5.75 Å². The number of imidazole rings is 1. The number of aromatic hydroxyl groups is 1. The van der Waals surface area contributed by atoms with Crippen LogP contribution < -0.4 is 0 Å². The maximum absolute atomic E-state index is 9.31. The van der Waals surface area contributed by atoms with Crippen molar-refractivity contribution in [1.29, 1.82) is 0 Å². The molecular formula is C13H11N3O. The Hall–Kier alpha value is -2.36. The van der Waals surface area contributed by atoms with Crippen molar-refractivity contribution in [2.45, 2.75) is 6.92 Å². The lowest BCUT2D eigenvalue weighted by molar-refractivity contribution is 0.475. The number of phenolic OH excluding ortho intramolecular Hbond substituents is 1. The highest BCUT2D eigenvalue weighted by Gasteiger charge is 2.08. The second-order valence-electron chi connectivity index (χ2n) is 3.89. The van der Waals surface area contributed by atoms with Gasteiger partial charge in [-0.3, -0.25) is 9.38 Å². The van der Waals surface area contributed by atoms with Gasteiger partial charge in [0.2, 0.25) is 0 Å². The van der Waals surface area contributed by atoms with E-state index in [2.05, 4.69) is 9.97 Å². The van der Waals surface area contributed by atoms with E-state index in [1.807, 2.05) is 29.7 Å². The molecule has 0 bridgehead atoms. The van der Waals surface area contributed by atoms with Crippen molar-refractivity contribution in [3.8, 4) is 17.0 Å². The van der Waals surface area contributed by atoms with Crippen molar-refractivity contribution in [3.63, 3.8) is 0 Å². The first-order valence-corrected chi connectivity index (χ1v) is 5.34. The van der Waals surface area contributed by atoms with Gasteiger partial charge in [-0.1, -0.05) is 0 Å². The molecule has 0 saturated carbocycles. The van der Waals surface area contributed by atoms with Crippen molar-refractivity contribution in [2.75, 3.05) is 0 Å². The van der Waals surface area contributed by atoms with Gasteiger partial charge in [-0.15, -0.1) is 0 Å². The summed E-state index contributed by atoms with van der Waals surface area (Å²) >= 11 is 0. The van der Waals surface area contributed by atoms with Gasteiger partial charge in [0.1, 0.15) is 5.75 Å². The molecule has 0 aliphatic rings. The zero-order valence-electron chi connectivity index (χ0n) is 9.33. The van der Waals surface area contributed by atoms with Gasteiger partial charge in [-0.05, 0) is 31.2 Å². The lowest BCUT2D eigenvalue weighted by atomic mass is 10.1. The standard InChI is InChI=1S/C13H11N3O/c1-9-13(10-2-4-11(17)5-3-10)16-7-6-14-12(16)8-15-9/h2-8,17H,1H3. The van der Waals surface area contributed by atoms with E-state index in [1.165, 1.54) is 0 Å². The third-order valence-corrected chi connectivity index (χ3v) is 2.77. The molecule has 0 atom stereocenters. The first-order valence-electron chi connectivity index (χ1n) is 5.34. The first-order chi connectivity index (χ1) is 8.25. The van der Waals surface area contributed by atoms with Gasteiger partial charge in [-0.2, -0.15) is 0 Å². The molecule has 0 aliphatic carbocycles. The molecule has 2 heterocycles. The topological polar surface area (TPSA) is 50.4 Å². The van der Waals surface area contributed by atoms with E-state index in [9.17, 15) is 5.11 Å². The van der Waals surface area contributed by atoms with Crippen molar-refractivity contribution >= 4 is 5.65 Å². The largest absolute Gasteiger partial charge is 0.508 e. The lowest BCUT2D eigenvalue weighted by Gasteiger charge is -2.08. The lowest BCUT2D eigenvalue weighted by Crippen LogP contribution is -1.97. The predicted octanol–water partition coefficient (Wildman–Crippen LogP) is 2.41. The van der Waals surface area contributed by atoms with Gasteiger partial charge in [0.05, 0.1) is 17.6 Å². The molecule has 3 rings (SSSR count). The normalized spacial score (nSPS) is 10.9. The molecule has 4 nitrogen and oxygen atoms in total. The van der Waals surface area contributed by atoms with Gasteiger partial charge >= 0.3 is 0 Å². The predicted molar refractivity (Wildman–Crippen MR) is 64.8 cm³/mol. The molecule has 0 fully saturated rings. The summed E-state index contributed by atoms with van der Waals surface area (Å²) in [6.45, 7) is 1.96. The molecule has 4 heteroatoms. The third kappa shape index (κ3) is 1.54. The number of phenols is 1. The molecule has 0 spiro atoms. The fourth-order valence-corrected chi connectivity index (χ4v) is 1.96. The Morgan fingerprint density at radius 3 is 2.65 bits per heavy atom. The molecule has 0 radical (unpaired) electrons. The minimum absolute atomic E-state index is 0.261. The zero-order valence-corrected chi connectivity index (χ0v) is 9.33. The van der Waals surface area contributed by atoms with Crippen LogP contribution >= 0.6 is 0 Å². The first kappa shape index (κ1) is 9.84. The molecule has 0 amide bonds. The molecule has 2 aromatic heterocycles. The molecule has 0 aliphatic heterocycles. The number of hydrogen-bond donors (Lipinski definition) is 1. The van der Waals surface area contributed by atoms with Crippen LogP contribution in [0.4, 0.5) is 0 Å². The van der Waals surface area contributed by atoms with Crippen molar-refractivity contribution in [1.82, 2.24) is 14.4 Å². The number of benzene rings is 1. The van der Waals surface area contributed by atoms with Crippen LogP contribution in [-0.4, -0.2) is 19.5 Å². The van der Waals surface area contributed by atoms with Crippen LogP contribution in [0.25, 0.3) is 16.9 Å². The Balaban J connectivity index is 2.31. The number of fused-ring (bicyclic) bond motifs is 1. The second-order valence-corrected chi connectivity index (χ2v) is 3.89. The fourth-order valence-electron chi connectivity index (χ4n) is 1.96. The van der Waals surface area contributed by atoms with Crippen molar-refractivity contribution in [3.05, 3.63) is 48.5 Å². The van der Waals surface area contributed by atoms with E-state index in [1.54, 1.807) is 24.5 Å². The summed E-state index contributed by atoms with van der Waals surface area (Å²) in [5.41, 5.74) is 3.76. The highest BCUT2D eigenvalue weighted by atomic mass is 16.3. The van der Waals surface area contributed by atoms with Gasteiger partial charge in [0.25, 0.3) is 0 Å². The van der Waals surface area contributed by atoms with E-state index >= 15 is 0 Å². The van der Waals surface area contributed by atoms with Crippen LogP contribution in [0.2, 0.25) is 0 Å². The van der Waals surface area contributed by atoms with E-state index in [0.717, 1.165) is 22.6 Å². The summed E-state index contributed by atoms with van der Waals surface area (Å²) < 4.78 is 1.99. The van der Waals surface area contributed by atoms with Crippen LogP contribution in [-0.2, 0) is 0 Å². The fraction of sp³-hybridized carbons (Fsp3) is 0.0769. The molecule has 17 heavy (non-hydrogen) atoms. The molecule has 84 valence electrons. The van der Waals surface area contributed by atoms with Gasteiger partial charge in [0.15, 0.2) is 5.65 Å². The van der Waals surface area contributed by atoms with Gasteiger partial charge < -0.3 is 5.11 Å². The zero-order chi connectivity index (χ0) is 11.8. The van der Waals surface area contributed by atoms with Crippen LogP contribution in [0.15, 0.2) is 42.9 Å². The second kappa shape index (κ2) is 3.59. The average Bonchev–Trinajstić information content (AvgIpc) is 2.79. The number of nitrogens with zero attached hydrogens (tertiary/aromatic N) is 3. The Labute approximate surface area is 98.2 Å². The summed E-state index contributed by atoms with van der Waals surface area (Å²) in [7, 11) is 0. The summed E-state index contributed by atoms with van der Waals surface area (Å²) in [5, 5.41) is 9.31. The van der Waals surface area contributed by atoms with Crippen LogP contribution in [0.3, 0.4) is 0 Å². The Bertz CT molecular complexity index is 671. The van der Waals surface area contributed by atoms with Crippen LogP contribution in [0.1, 0.15) is 5.69 Å². The maximum atomic E-state index is 9.31. The molecule has 3 aromatic rings. The minimum atomic E-state index is 0.261. The van der Waals surface area contributed by atoms with E-state index in [0.29, 0.717) is 0 Å². The summed E-state index contributed by atoms with van der Waals surface area (Å²) in [6, 6.07) is 7.09. The smallest absolute Gasteiger partial charge is 0.155 e. The summed E-state index contributed by atoms with van der Waals surface area (Å²) in [4.78, 5) is 8.55. The Morgan fingerprint density at radius 2 is 1.88 bits per heavy atom. The Morgan fingerprint density at radius 1 is 1.12 bits per heavy atom. The summed E-state index contributed by atoms with van der Waals surface area (Å²) in [6.07, 6.45) is 5.41. The van der Waals surface area contributed by atoms with E-state index in [4.69, 9.17) is 0 Å². The van der Waals surface area contributed by atoms with E-state index in [-0.39, 0.29) is 5.75 Å². The quantitative estimate of drug-likeness (QED) is 0.691. The highest BCUT2D eigenvalue weighted by Crippen LogP contribution is 2.24. The van der Waals surface area contributed by atoms with E-state index < -0.39 is 0 Å². The van der Waals surface area contributed by atoms with Crippen LogP contribution in [0, 0.1) is 6.92 Å². The Kier molecular flexibility index (Phi) is 2.08. The van der Waals surface area contributed by atoms with Gasteiger partial charge in [0, 0.05) is 18.0 Å². The number of rotatable bonds is 1. The number of aryl methyl sites for hydroxylation is 1. The molecule has 0 unspecified atom stereocenters. The highest BCUT2D eigenvalue weighted by molar-refractivity contribution is 5.65.